The van der Waals surface area contributed by atoms with Crippen LogP contribution in [0, 0.1) is 0 Å². The quantitative estimate of drug-likeness (QED) is 0.358. The van der Waals surface area contributed by atoms with Gasteiger partial charge in [0.1, 0.15) is 23.0 Å². The highest BCUT2D eigenvalue weighted by Crippen LogP contribution is 2.36. The molecule has 1 aliphatic heterocycles. The molecule has 0 radical (unpaired) electrons. The van der Waals surface area contributed by atoms with Crippen molar-refractivity contribution in [3.05, 3.63) is 77.4 Å². The van der Waals surface area contributed by atoms with Crippen molar-refractivity contribution < 1.29 is 4.74 Å². The highest BCUT2D eigenvalue weighted by atomic mass is 32.1. The molecule has 0 unspecified atom stereocenters. The highest BCUT2D eigenvalue weighted by Gasteiger charge is 2.17. The first kappa shape index (κ1) is 17.6. The number of hydrogen-bond acceptors (Lipinski definition) is 6. The molecule has 0 spiro atoms. The first-order valence-corrected chi connectivity index (χ1v) is 10.2. The van der Waals surface area contributed by atoms with Crippen molar-refractivity contribution in [1.82, 2.24) is 9.97 Å². The lowest BCUT2D eigenvalue weighted by Gasteiger charge is -2.22. The Labute approximate surface area is 172 Å². The van der Waals surface area contributed by atoms with Gasteiger partial charge in [0.15, 0.2) is 5.82 Å². The summed E-state index contributed by atoms with van der Waals surface area (Å²) in [5, 5.41) is 7.54. The number of aromatic nitrogens is 2. The smallest absolute Gasteiger partial charge is 0.159 e. The van der Waals surface area contributed by atoms with Crippen LogP contribution < -0.4 is 10.2 Å². The minimum Gasteiger partial charge on any atom is -0.485 e. The van der Waals surface area contributed by atoms with Crippen molar-refractivity contribution >= 4 is 39.7 Å². The molecule has 0 saturated heterocycles. The minimum atomic E-state index is -0.0677. The monoisotopic (exact) mass is 398 g/mol. The number of nitrogens with zero attached hydrogens (tertiary/aromatic N) is 3. The van der Waals surface area contributed by atoms with Gasteiger partial charge >= 0.3 is 0 Å². The lowest BCUT2D eigenvalue weighted by molar-refractivity contribution is 0.260. The van der Waals surface area contributed by atoms with E-state index in [2.05, 4.69) is 44.1 Å². The fourth-order valence-corrected chi connectivity index (χ4v) is 4.28. The van der Waals surface area contributed by atoms with Crippen LogP contribution in [0.1, 0.15) is 12.5 Å². The van der Waals surface area contributed by atoms with Gasteiger partial charge in [0.25, 0.3) is 0 Å². The summed E-state index contributed by atoms with van der Waals surface area (Å²) < 4.78 is 5.97. The molecule has 0 bridgehead atoms. The molecular weight excluding hydrogens is 380 g/mol. The molecule has 4 aromatic rings. The van der Waals surface area contributed by atoms with Gasteiger partial charge in [0.05, 0.1) is 11.6 Å². The molecule has 3 heterocycles. The highest BCUT2D eigenvalue weighted by molar-refractivity contribution is 7.17. The number of anilines is 1. The van der Waals surface area contributed by atoms with Gasteiger partial charge in [-0.3, -0.25) is 5.43 Å². The Morgan fingerprint density at radius 2 is 1.90 bits per heavy atom. The summed E-state index contributed by atoms with van der Waals surface area (Å²) >= 11 is 1.60. The third-order valence-corrected chi connectivity index (χ3v) is 5.74. The number of ether oxygens (including phenoxy) is 1. The van der Waals surface area contributed by atoms with Crippen LogP contribution in [0.4, 0.5) is 5.82 Å². The fourth-order valence-electron chi connectivity index (χ4n) is 3.36. The van der Waals surface area contributed by atoms with Crippen LogP contribution >= 0.6 is 11.3 Å². The van der Waals surface area contributed by atoms with E-state index < -0.39 is 0 Å². The maximum Gasteiger partial charge on any atom is 0.159 e. The number of nitrogens with one attached hydrogen (secondary N) is 1. The molecule has 142 valence electrons. The van der Waals surface area contributed by atoms with Gasteiger partial charge in [-0.1, -0.05) is 48.5 Å². The molecule has 1 N–H and O–H groups in total. The second kappa shape index (κ2) is 7.48. The van der Waals surface area contributed by atoms with Crippen LogP contribution in [0.5, 0.6) is 5.75 Å². The normalized spacial score (nSPS) is 15.8. The third-order valence-electron chi connectivity index (χ3n) is 4.85. The molecule has 0 saturated carbocycles. The Bertz CT molecular complexity index is 1230. The number of thiophene rings is 1. The number of fused-ring (bicyclic) bond motifs is 2. The maximum atomic E-state index is 5.97. The summed E-state index contributed by atoms with van der Waals surface area (Å²) in [6, 6.07) is 18.2. The minimum absolute atomic E-state index is 0.0677. The van der Waals surface area contributed by atoms with Gasteiger partial charge < -0.3 is 4.74 Å². The average Bonchev–Trinajstić information content (AvgIpc) is 3.20. The Morgan fingerprint density at radius 1 is 1.07 bits per heavy atom. The predicted octanol–water partition coefficient (Wildman–Crippen LogP) is 5.62. The molecule has 0 amide bonds. The van der Waals surface area contributed by atoms with Crippen molar-refractivity contribution in [2.45, 2.75) is 13.0 Å². The van der Waals surface area contributed by atoms with Gasteiger partial charge in [-0.25, -0.2) is 9.97 Å². The molecule has 5 rings (SSSR count). The molecule has 5 nitrogen and oxygen atoms in total. The SMILES string of the molecule is C[C@H]1Oc2ccccc2C=C1/C=N\Nc1ncnc2scc(-c3ccccc3)c12. The van der Waals surface area contributed by atoms with E-state index in [1.165, 1.54) is 0 Å². The zero-order valence-corrected chi connectivity index (χ0v) is 16.6. The topological polar surface area (TPSA) is 59.4 Å². The number of para-hydroxylation sites is 1. The van der Waals surface area contributed by atoms with E-state index in [9.17, 15) is 0 Å². The van der Waals surface area contributed by atoms with E-state index in [1.54, 1.807) is 23.9 Å². The van der Waals surface area contributed by atoms with Gasteiger partial charge in [-0.2, -0.15) is 5.10 Å². The van der Waals surface area contributed by atoms with Gasteiger partial charge in [0.2, 0.25) is 0 Å². The third kappa shape index (κ3) is 3.39. The summed E-state index contributed by atoms with van der Waals surface area (Å²) in [5.74, 6) is 1.59. The molecule has 1 atom stereocenters. The van der Waals surface area contributed by atoms with Crippen LogP contribution in [-0.2, 0) is 0 Å². The number of benzene rings is 2. The lowest BCUT2D eigenvalue weighted by Crippen LogP contribution is -2.19. The van der Waals surface area contributed by atoms with E-state index >= 15 is 0 Å². The van der Waals surface area contributed by atoms with Crippen molar-refractivity contribution in [1.29, 1.82) is 0 Å². The molecule has 29 heavy (non-hydrogen) atoms. The number of hydrogen-bond donors (Lipinski definition) is 1. The second-order valence-electron chi connectivity index (χ2n) is 6.73. The van der Waals surface area contributed by atoms with Crippen LogP contribution in [0.25, 0.3) is 27.4 Å². The summed E-state index contributed by atoms with van der Waals surface area (Å²) in [6.45, 7) is 2.02. The van der Waals surface area contributed by atoms with Gasteiger partial charge in [-0.15, -0.1) is 11.3 Å². The summed E-state index contributed by atoms with van der Waals surface area (Å²) in [6.07, 6.45) is 5.39. The Balaban J connectivity index is 1.46. The molecular formula is C23H18N4OS. The molecule has 0 aliphatic carbocycles. The largest absolute Gasteiger partial charge is 0.485 e. The van der Waals surface area contributed by atoms with Crippen LogP contribution in [0.3, 0.4) is 0 Å². The van der Waals surface area contributed by atoms with Crippen LogP contribution in [0.15, 0.2) is 77.0 Å². The van der Waals surface area contributed by atoms with Crippen molar-refractivity contribution in [2.24, 2.45) is 5.10 Å². The first-order valence-electron chi connectivity index (χ1n) is 9.33. The van der Waals surface area contributed by atoms with E-state index in [0.29, 0.717) is 5.82 Å². The van der Waals surface area contributed by atoms with Crippen molar-refractivity contribution in [2.75, 3.05) is 5.43 Å². The standard InChI is InChI=1S/C23H18N4OS/c1-15-18(11-17-9-5-6-10-20(17)28-15)12-26-27-22-21-19(16-7-3-2-4-8-16)13-29-23(21)25-14-24-22/h2-15H,1H3,(H,24,25,27)/b26-12-/t15-/m1/s1. The summed E-state index contributed by atoms with van der Waals surface area (Å²) in [5.41, 5.74) is 7.39. The Morgan fingerprint density at radius 3 is 2.79 bits per heavy atom. The number of rotatable bonds is 4. The molecule has 2 aromatic heterocycles. The van der Waals surface area contributed by atoms with E-state index in [0.717, 1.165) is 38.2 Å². The van der Waals surface area contributed by atoms with Crippen LogP contribution in [-0.4, -0.2) is 22.3 Å². The average molecular weight is 398 g/mol. The zero-order chi connectivity index (χ0) is 19.6. The Hall–Kier alpha value is -3.51. The summed E-state index contributed by atoms with van der Waals surface area (Å²) in [4.78, 5) is 9.76. The van der Waals surface area contributed by atoms with E-state index in [-0.39, 0.29) is 6.10 Å². The Kier molecular flexibility index (Phi) is 4.54. The second-order valence-corrected chi connectivity index (χ2v) is 7.59. The van der Waals surface area contributed by atoms with Crippen molar-refractivity contribution in [3.63, 3.8) is 0 Å². The van der Waals surface area contributed by atoms with Gasteiger partial charge in [-0.05, 0) is 24.6 Å². The number of hydrazone groups is 1. The molecule has 6 heteroatoms. The molecule has 0 fully saturated rings. The van der Waals surface area contributed by atoms with E-state index in [1.807, 2.05) is 49.4 Å². The zero-order valence-electron chi connectivity index (χ0n) is 15.7. The predicted molar refractivity (Wildman–Crippen MR) is 119 cm³/mol. The van der Waals surface area contributed by atoms with Crippen molar-refractivity contribution in [3.8, 4) is 16.9 Å². The fraction of sp³-hybridized carbons (Fsp3) is 0.0870. The molecule has 2 aromatic carbocycles. The first-order chi connectivity index (χ1) is 14.3. The van der Waals surface area contributed by atoms with Crippen LogP contribution in [0.2, 0.25) is 0 Å². The molecule has 1 aliphatic rings. The van der Waals surface area contributed by atoms with Gasteiger partial charge in [0, 0.05) is 22.1 Å². The van der Waals surface area contributed by atoms with E-state index in [4.69, 9.17) is 4.74 Å². The lowest BCUT2D eigenvalue weighted by atomic mass is 10.0. The summed E-state index contributed by atoms with van der Waals surface area (Å²) in [7, 11) is 0. The maximum absolute atomic E-state index is 5.97.